The Labute approximate surface area is 125 Å². The van der Waals surface area contributed by atoms with Gasteiger partial charge in [0.15, 0.2) is 5.65 Å². The molecule has 0 aliphatic heterocycles. The molecular weight excluding hydrogens is 286 g/mol. The zero-order chi connectivity index (χ0) is 15.7. The second-order valence-corrected chi connectivity index (χ2v) is 4.65. The number of anilines is 2. The van der Waals surface area contributed by atoms with Gasteiger partial charge in [0.2, 0.25) is 5.95 Å². The molecule has 0 saturated carbocycles. The number of pyridine rings is 1. The lowest BCUT2D eigenvalue weighted by Gasteiger charge is -2.10. The molecule has 0 aliphatic rings. The summed E-state index contributed by atoms with van der Waals surface area (Å²) in [5.41, 5.74) is 7.45. The fourth-order valence-corrected chi connectivity index (χ4v) is 1.98. The minimum Gasteiger partial charge on any atom is -0.465 e. The molecule has 0 saturated heterocycles. The third kappa shape index (κ3) is 2.75. The molecule has 0 unspecified atom stereocenters. The Bertz CT molecular complexity index is 859. The van der Waals surface area contributed by atoms with Crippen LogP contribution in [-0.2, 0) is 0 Å². The van der Waals surface area contributed by atoms with E-state index >= 15 is 0 Å². The summed E-state index contributed by atoms with van der Waals surface area (Å²) in [7, 11) is 0. The monoisotopic (exact) mass is 299 g/mol. The van der Waals surface area contributed by atoms with Crippen LogP contribution in [0.5, 0.6) is 11.5 Å². The fourth-order valence-electron chi connectivity index (χ4n) is 1.98. The molecule has 8 heteroatoms. The highest BCUT2D eigenvalue weighted by Crippen LogP contribution is 2.28. The van der Waals surface area contributed by atoms with E-state index < -0.39 is 6.09 Å². The third-order valence-electron chi connectivity index (χ3n) is 2.99. The van der Waals surface area contributed by atoms with Gasteiger partial charge >= 0.3 is 6.09 Å². The van der Waals surface area contributed by atoms with E-state index in [1.165, 1.54) is 4.52 Å². The number of benzene rings is 1. The highest BCUT2D eigenvalue weighted by Gasteiger charge is 2.07. The standard InChI is InChI=1S/C14H13N5O3/c1-8-2-3-9(16-14(20)21)6-11(8)22-10-4-5-12-17-13(15)18-19(12)7-10/h2-7,16H,1H3,(H2,15,18)(H,20,21). The van der Waals surface area contributed by atoms with E-state index in [-0.39, 0.29) is 5.95 Å². The number of aromatic nitrogens is 3. The van der Waals surface area contributed by atoms with E-state index in [2.05, 4.69) is 15.4 Å². The minimum atomic E-state index is -1.13. The van der Waals surface area contributed by atoms with Crippen LogP contribution in [0.25, 0.3) is 5.65 Å². The van der Waals surface area contributed by atoms with Gasteiger partial charge in [0, 0.05) is 11.8 Å². The van der Waals surface area contributed by atoms with Crippen LogP contribution < -0.4 is 15.8 Å². The van der Waals surface area contributed by atoms with Crippen molar-refractivity contribution < 1.29 is 14.6 Å². The molecule has 8 nitrogen and oxygen atoms in total. The van der Waals surface area contributed by atoms with E-state index in [0.717, 1.165) is 5.56 Å². The zero-order valence-electron chi connectivity index (χ0n) is 11.6. The summed E-state index contributed by atoms with van der Waals surface area (Å²) in [6.45, 7) is 1.87. The van der Waals surface area contributed by atoms with E-state index in [1.807, 2.05) is 6.92 Å². The Morgan fingerprint density at radius 1 is 1.36 bits per heavy atom. The number of hydrogen-bond acceptors (Lipinski definition) is 5. The topological polar surface area (TPSA) is 115 Å². The Morgan fingerprint density at radius 2 is 2.18 bits per heavy atom. The summed E-state index contributed by atoms with van der Waals surface area (Å²) >= 11 is 0. The molecule has 22 heavy (non-hydrogen) atoms. The lowest BCUT2D eigenvalue weighted by Crippen LogP contribution is -2.07. The number of carboxylic acid groups (broad SMARTS) is 1. The van der Waals surface area contributed by atoms with E-state index in [4.69, 9.17) is 15.6 Å². The Morgan fingerprint density at radius 3 is 2.95 bits per heavy atom. The molecule has 2 aromatic heterocycles. The number of amides is 1. The number of nitrogens with one attached hydrogen (secondary N) is 1. The predicted octanol–water partition coefficient (Wildman–Crippen LogP) is 2.50. The molecule has 3 rings (SSSR count). The third-order valence-corrected chi connectivity index (χ3v) is 2.99. The Balaban J connectivity index is 1.91. The number of nitrogens with two attached hydrogens (primary N) is 1. The summed E-state index contributed by atoms with van der Waals surface area (Å²) in [5.74, 6) is 1.26. The SMILES string of the molecule is Cc1ccc(NC(=O)O)cc1Oc1ccc2nc(N)nn2c1. The molecule has 0 spiro atoms. The molecule has 0 radical (unpaired) electrons. The van der Waals surface area contributed by atoms with E-state index in [1.54, 1.807) is 36.5 Å². The number of nitrogens with zero attached hydrogens (tertiary/aromatic N) is 3. The second-order valence-electron chi connectivity index (χ2n) is 4.65. The van der Waals surface area contributed by atoms with E-state index in [9.17, 15) is 4.79 Å². The maximum atomic E-state index is 10.7. The molecule has 112 valence electrons. The van der Waals surface area contributed by atoms with Crippen molar-refractivity contribution in [3.8, 4) is 11.5 Å². The molecule has 2 heterocycles. The fraction of sp³-hybridized carbons (Fsp3) is 0.0714. The van der Waals surface area contributed by atoms with Crippen molar-refractivity contribution in [3.05, 3.63) is 42.1 Å². The summed E-state index contributed by atoms with van der Waals surface area (Å²) in [6.07, 6.45) is 0.518. The molecule has 3 aromatic rings. The number of hydrogen-bond donors (Lipinski definition) is 3. The maximum absolute atomic E-state index is 10.7. The van der Waals surface area contributed by atoms with Crippen LogP contribution in [0.15, 0.2) is 36.5 Å². The van der Waals surface area contributed by atoms with Gasteiger partial charge < -0.3 is 15.6 Å². The first-order valence-electron chi connectivity index (χ1n) is 6.41. The van der Waals surface area contributed by atoms with E-state index in [0.29, 0.717) is 22.8 Å². The number of carbonyl (C=O) groups is 1. The highest BCUT2D eigenvalue weighted by atomic mass is 16.5. The molecule has 1 amide bonds. The lowest BCUT2D eigenvalue weighted by molar-refractivity contribution is 0.210. The lowest BCUT2D eigenvalue weighted by atomic mass is 10.2. The first kappa shape index (κ1) is 13.7. The van der Waals surface area contributed by atoms with Gasteiger partial charge in [-0.25, -0.2) is 9.31 Å². The van der Waals surface area contributed by atoms with Crippen LogP contribution in [0.1, 0.15) is 5.56 Å². The van der Waals surface area contributed by atoms with Crippen LogP contribution in [0.3, 0.4) is 0 Å². The quantitative estimate of drug-likeness (QED) is 0.684. The molecular formula is C14H13N5O3. The molecule has 0 aliphatic carbocycles. The normalized spacial score (nSPS) is 10.6. The van der Waals surface area contributed by atoms with Gasteiger partial charge in [-0.05, 0) is 30.7 Å². The van der Waals surface area contributed by atoms with Crippen LogP contribution in [0, 0.1) is 6.92 Å². The van der Waals surface area contributed by atoms with Crippen molar-refractivity contribution in [2.75, 3.05) is 11.1 Å². The van der Waals surface area contributed by atoms with Crippen LogP contribution in [0.2, 0.25) is 0 Å². The van der Waals surface area contributed by atoms with Gasteiger partial charge in [-0.3, -0.25) is 5.32 Å². The summed E-state index contributed by atoms with van der Waals surface area (Å²) in [5, 5.41) is 15.0. The van der Waals surface area contributed by atoms with Crippen molar-refractivity contribution in [1.82, 2.24) is 14.6 Å². The van der Waals surface area contributed by atoms with Crippen molar-refractivity contribution >= 4 is 23.4 Å². The average molecular weight is 299 g/mol. The van der Waals surface area contributed by atoms with Crippen molar-refractivity contribution in [2.24, 2.45) is 0 Å². The highest BCUT2D eigenvalue weighted by molar-refractivity contribution is 5.83. The summed E-state index contributed by atoms with van der Waals surface area (Å²) in [6, 6.07) is 8.52. The first-order chi connectivity index (χ1) is 10.5. The zero-order valence-corrected chi connectivity index (χ0v) is 11.6. The van der Waals surface area contributed by atoms with Gasteiger partial charge in [-0.2, -0.15) is 4.98 Å². The summed E-state index contributed by atoms with van der Waals surface area (Å²) < 4.78 is 7.30. The Hall–Kier alpha value is -3.29. The number of rotatable bonds is 3. The van der Waals surface area contributed by atoms with Gasteiger partial charge in [-0.15, -0.1) is 5.10 Å². The van der Waals surface area contributed by atoms with Crippen molar-refractivity contribution in [2.45, 2.75) is 6.92 Å². The molecule has 0 atom stereocenters. The molecule has 1 aromatic carbocycles. The van der Waals surface area contributed by atoms with Crippen molar-refractivity contribution in [3.63, 3.8) is 0 Å². The van der Waals surface area contributed by atoms with Gasteiger partial charge in [0.25, 0.3) is 0 Å². The number of aryl methyl sites for hydroxylation is 1. The number of nitrogen functional groups attached to an aromatic ring is 1. The van der Waals surface area contributed by atoms with Gasteiger partial charge in [-0.1, -0.05) is 6.07 Å². The number of ether oxygens (including phenoxy) is 1. The number of fused-ring (bicyclic) bond motifs is 1. The van der Waals surface area contributed by atoms with Crippen LogP contribution in [-0.4, -0.2) is 25.8 Å². The first-order valence-corrected chi connectivity index (χ1v) is 6.41. The second kappa shape index (κ2) is 5.24. The van der Waals surface area contributed by atoms with Gasteiger partial charge in [0.05, 0.1) is 6.20 Å². The molecule has 0 fully saturated rings. The van der Waals surface area contributed by atoms with Gasteiger partial charge in [0.1, 0.15) is 11.5 Å². The minimum absolute atomic E-state index is 0.181. The molecule has 4 N–H and O–H groups in total. The predicted molar refractivity (Wildman–Crippen MR) is 80.3 cm³/mol. The maximum Gasteiger partial charge on any atom is 0.409 e. The molecule has 0 bridgehead atoms. The van der Waals surface area contributed by atoms with Crippen molar-refractivity contribution in [1.29, 1.82) is 0 Å². The van der Waals surface area contributed by atoms with Crippen LogP contribution in [0.4, 0.5) is 16.4 Å². The largest absolute Gasteiger partial charge is 0.465 e. The smallest absolute Gasteiger partial charge is 0.409 e. The average Bonchev–Trinajstić information content (AvgIpc) is 2.81. The summed E-state index contributed by atoms with van der Waals surface area (Å²) in [4.78, 5) is 14.7. The Kier molecular flexibility index (Phi) is 3.26. The van der Waals surface area contributed by atoms with Crippen LogP contribution >= 0.6 is 0 Å².